The van der Waals surface area contributed by atoms with E-state index in [-0.39, 0.29) is 4.99 Å². The molecule has 0 radical (unpaired) electrons. The molecular formula is C10H12ClIN2O2S2. The van der Waals surface area contributed by atoms with Gasteiger partial charge in [-0.1, -0.05) is 30.7 Å². The van der Waals surface area contributed by atoms with E-state index in [4.69, 9.17) is 29.6 Å². The molecule has 0 saturated heterocycles. The van der Waals surface area contributed by atoms with E-state index in [1.54, 1.807) is 25.1 Å². The van der Waals surface area contributed by atoms with Crippen LogP contribution in [-0.4, -0.2) is 18.7 Å². The predicted octanol–water partition coefficient (Wildman–Crippen LogP) is 2.75. The molecule has 0 aromatic heterocycles. The molecule has 3 N–H and O–H groups in total. The molecule has 0 aliphatic carbocycles. The van der Waals surface area contributed by atoms with E-state index < -0.39 is 15.3 Å². The summed E-state index contributed by atoms with van der Waals surface area (Å²) in [6.07, 6.45) is 0.312. The maximum atomic E-state index is 12.1. The Labute approximate surface area is 130 Å². The van der Waals surface area contributed by atoms with Crippen molar-refractivity contribution < 1.29 is 8.42 Å². The molecule has 100 valence electrons. The van der Waals surface area contributed by atoms with Crippen LogP contribution in [0.1, 0.15) is 13.3 Å². The third kappa shape index (κ3) is 3.94. The van der Waals surface area contributed by atoms with Crippen LogP contribution in [0.15, 0.2) is 18.2 Å². The van der Waals surface area contributed by atoms with Gasteiger partial charge in [0.15, 0.2) is 0 Å². The number of sulfonamides is 1. The molecule has 0 aliphatic heterocycles. The van der Waals surface area contributed by atoms with Crippen LogP contribution in [0.2, 0.25) is 5.02 Å². The number of hydrogen-bond donors (Lipinski definition) is 2. The van der Waals surface area contributed by atoms with Crippen molar-refractivity contribution in [1.29, 1.82) is 0 Å². The Kier molecular flexibility index (Phi) is 5.63. The molecule has 0 heterocycles. The zero-order valence-electron chi connectivity index (χ0n) is 9.48. The molecule has 1 atom stereocenters. The van der Waals surface area contributed by atoms with Gasteiger partial charge in [0, 0.05) is 3.57 Å². The van der Waals surface area contributed by atoms with Crippen molar-refractivity contribution in [3.05, 3.63) is 26.8 Å². The summed E-state index contributed by atoms with van der Waals surface area (Å²) in [5.41, 5.74) is 5.75. The van der Waals surface area contributed by atoms with Crippen LogP contribution in [0.5, 0.6) is 0 Å². The fourth-order valence-electron chi connectivity index (χ4n) is 1.37. The molecule has 8 heteroatoms. The van der Waals surface area contributed by atoms with E-state index in [1.807, 2.05) is 0 Å². The Morgan fingerprint density at radius 2 is 2.22 bits per heavy atom. The van der Waals surface area contributed by atoms with Crippen LogP contribution in [0.25, 0.3) is 0 Å². The van der Waals surface area contributed by atoms with Gasteiger partial charge in [-0.15, -0.1) is 0 Å². The average molecular weight is 419 g/mol. The predicted molar refractivity (Wildman–Crippen MR) is 87.6 cm³/mol. The summed E-state index contributed by atoms with van der Waals surface area (Å²) in [6.45, 7) is 1.71. The van der Waals surface area contributed by atoms with Crippen LogP contribution in [0.4, 0.5) is 5.69 Å². The molecule has 0 amide bonds. The first-order chi connectivity index (χ1) is 8.27. The van der Waals surface area contributed by atoms with Crippen molar-refractivity contribution in [3.8, 4) is 0 Å². The van der Waals surface area contributed by atoms with Gasteiger partial charge in [-0.2, -0.15) is 0 Å². The van der Waals surface area contributed by atoms with Crippen molar-refractivity contribution in [2.24, 2.45) is 5.73 Å². The topological polar surface area (TPSA) is 72.2 Å². The lowest BCUT2D eigenvalue weighted by molar-refractivity contribution is 0.594. The maximum absolute atomic E-state index is 12.1. The maximum Gasteiger partial charge on any atom is 0.242 e. The van der Waals surface area contributed by atoms with Gasteiger partial charge < -0.3 is 5.73 Å². The summed E-state index contributed by atoms with van der Waals surface area (Å²) in [5.74, 6) is 0. The Bertz CT molecular complexity index is 563. The van der Waals surface area contributed by atoms with Crippen molar-refractivity contribution in [2.75, 3.05) is 4.72 Å². The highest BCUT2D eigenvalue weighted by Crippen LogP contribution is 2.25. The van der Waals surface area contributed by atoms with Crippen molar-refractivity contribution in [3.63, 3.8) is 0 Å². The first-order valence-corrected chi connectivity index (χ1v) is 8.45. The third-order valence-corrected chi connectivity index (χ3v) is 5.50. The minimum absolute atomic E-state index is 0.0494. The number of thiocarbonyl (C=S) groups is 1. The highest BCUT2D eigenvalue weighted by Gasteiger charge is 2.26. The molecule has 1 unspecified atom stereocenters. The van der Waals surface area contributed by atoms with Gasteiger partial charge in [-0.05, 0) is 47.2 Å². The minimum Gasteiger partial charge on any atom is -0.392 e. The molecule has 1 rings (SSSR count). The molecule has 0 aliphatic rings. The quantitative estimate of drug-likeness (QED) is 0.570. The molecule has 0 fully saturated rings. The normalized spacial score (nSPS) is 13.1. The molecule has 0 bridgehead atoms. The standard InChI is InChI=1S/C10H12ClIN2O2S2/c1-2-9(10(13)17)18(15,16)14-8-4-3-6(12)5-7(8)11/h3-5,9,14H,2H2,1H3,(H2,13,17). The third-order valence-electron chi connectivity index (χ3n) is 2.25. The summed E-state index contributed by atoms with van der Waals surface area (Å²) in [4.78, 5) is -0.0494. The number of benzene rings is 1. The number of hydrogen-bond acceptors (Lipinski definition) is 3. The second kappa shape index (κ2) is 6.36. The molecule has 0 spiro atoms. The van der Waals surface area contributed by atoms with Gasteiger partial charge >= 0.3 is 0 Å². The number of nitrogens with two attached hydrogens (primary N) is 1. The Balaban J connectivity index is 3.05. The summed E-state index contributed by atoms with van der Waals surface area (Å²) in [7, 11) is -3.66. The van der Waals surface area contributed by atoms with Gasteiger partial charge in [0.1, 0.15) is 5.25 Å². The van der Waals surface area contributed by atoms with Gasteiger partial charge in [-0.3, -0.25) is 4.72 Å². The van der Waals surface area contributed by atoms with Gasteiger partial charge in [0.05, 0.1) is 15.7 Å². The van der Waals surface area contributed by atoms with Crippen LogP contribution >= 0.6 is 46.4 Å². The number of halogens is 2. The largest absolute Gasteiger partial charge is 0.392 e. The summed E-state index contributed by atoms with van der Waals surface area (Å²) in [6, 6.07) is 5.03. The Morgan fingerprint density at radius 1 is 1.61 bits per heavy atom. The monoisotopic (exact) mass is 418 g/mol. The van der Waals surface area contributed by atoms with Gasteiger partial charge in [-0.25, -0.2) is 8.42 Å². The molecular weight excluding hydrogens is 407 g/mol. The van der Waals surface area contributed by atoms with Crippen LogP contribution in [0, 0.1) is 3.57 Å². The van der Waals surface area contributed by atoms with E-state index in [2.05, 4.69) is 27.3 Å². The Morgan fingerprint density at radius 3 is 2.67 bits per heavy atom. The van der Waals surface area contributed by atoms with Gasteiger partial charge in [0.2, 0.25) is 10.0 Å². The molecule has 18 heavy (non-hydrogen) atoms. The zero-order chi connectivity index (χ0) is 13.9. The highest BCUT2D eigenvalue weighted by atomic mass is 127. The molecule has 1 aromatic carbocycles. The van der Waals surface area contributed by atoms with E-state index in [9.17, 15) is 8.42 Å². The smallest absolute Gasteiger partial charge is 0.242 e. The lowest BCUT2D eigenvalue weighted by Crippen LogP contribution is -2.37. The SMILES string of the molecule is CCC(C(N)=S)S(=O)(=O)Nc1ccc(I)cc1Cl. The number of anilines is 1. The van der Waals surface area contributed by atoms with E-state index in [0.717, 1.165) is 3.57 Å². The molecule has 4 nitrogen and oxygen atoms in total. The zero-order valence-corrected chi connectivity index (χ0v) is 14.0. The fraction of sp³-hybridized carbons (Fsp3) is 0.300. The minimum atomic E-state index is -3.66. The first-order valence-electron chi connectivity index (χ1n) is 5.04. The fourth-order valence-corrected chi connectivity index (χ4v) is 4.25. The number of rotatable bonds is 5. The molecule has 1 aromatic rings. The summed E-state index contributed by atoms with van der Waals surface area (Å²) in [5, 5.41) is -0.564. The van der Waals surface area contributed by atoms with Crippen LogP contribution in [-0.2, 0) is 10.0 Å². The summed E-state index contributed by atoms with van der Waals surface area (Å²) >= 11 is 12.8. The van der Waals surface area contributed by atoms with Crippen molar-refractivity contribution in [1.82, 2.24) is 0 Å². The van der Waals surface area contributed by atoms with E-state index in [0.29, 0.717) is 17.1 Å². The van der Waals surface area contributed by atoms with Crippen molar-refractivity contribution >= 4 is 67.1 Å². The first kappa shape index (κ1) is 15.9. The molecule has 0 saturated carbocycles. The van der Waals surface area contributed by atoms with E-state index in [1.165, 1.54) is 0 Å². The highest BCUT2D eigenvalue weighted by molar-refractivity contribution is 14.1. The van der Waals surface area contributed by atoms with Crippen molar-refractivity contribution in [2.45, 2.75) is 18.6 Å². The second-order valence-corrected chi connectivity index (χ2v) is 7.56. The van der Waals surface area contributed by atoms with Crippen LogP contribution < -0.4 is 10.5 Å². The van der Waals surface area contributed by atoms with Crippen LogP contribution in [0.3, 0.4) is 0 Å². The average Bonchev–Trinajstić information content (AvgIpc) is 2.22. The Hall–Kier alpha value is -0.120. The second-order valence-electron chi connectivity index (χ2n) is 3.57. The lowest BCUT2D eigenvalue weighted by Gasteiger charge is -2.16. The lowest BCUT2D eigenvalue weighted by atomic mass is 10.3. The van der Waals surface area contributed by atoms with E-state index >= 15 is 0 Å². The van der Waals surface area contributed by atoms with Gasteiger partial charge in [0.25, 0.3) is 0 Å². The summed E-state index contributed by atoms with van der Waals surface area (Å²) < 4.78 is 27.5. The number of nitrogens with one attached hydrogen (secondary N) is 1.